The van der Waals surface area contributed by atoms with Crippen molar-refractivity contribution in [3.8, 4) is 0 Å². The Labute approximate surface area is 123 Å². The van der Waals surface area contributed by atoms with E-state index in [1.54, 1.807) is 0 Å². The predicted octanol–water partition coefficient (Wildman–Crippen LogP) is 1.51. The fraction of sp³-hybridized carbons (Fsp3) is 0.385. The highest BCUT2D eigenvalue weighted by molar-refractivity contribution is 9.10. The summed E-state index contributed by atoms with van der Waals surface area (Å²) in [7, 11) is 0. The number of carbonyl (C=O) groups excluding carboxylic acids is 2. The lowest BCUT2D eigenvalue weighted by molar-refractivity contribution is -0.145. The van der Waals surface area contributed by atoms with E-state index in [0.717, 1.165) is 0 Å². The first-order valence-corrected chi connectivity index (χ1v) is 7.00. The smallest absolute Gasteiger partial charge is 0.313 e. The van der Waals surface area contributed by atoms with Gasteiger partial charge in [0.15, 0.2) is 0 Å². The average Bonchev–Trinajstić information content (AvgIpc) is 2.42. The third kappa shape index (κ3) is 3.55. The molecule has 0 bridgehead atoms. The van der Waals surface area contributed by atoms with Crippen molar-refractivity contribution in [1.82, 2.24) is 4.90 Å². The highest BCUT2D eigenvalue weighted by Gasteiger charge is 2.26. The van der Waals surface area contributed by atoms with Gasteiger partial charge in [0.25, 0.3) is 0 Å². The summed E-state index contributed by atoms with van der Waals surface area (Å²) in [5.74, 6) is -1.93. The zero-order valence-corrected chi connectivity index (χ0v) is 12.2. The van der Waals surface area contributed by atoms with E-state index in [4.69, 9.17) is 0 Å². The van der Waals surface area contributed by atoms with Crippen LogP contribution in [0.4, 0.5) is 10.1 Å². The van der Waals surface area contributed by atoms with E-state index in [2.05, 4.69) is 21.2 Å². The molecule has 0 spiro atoms. The number of amides is 2. The normalized spacial score (nSPS) is 18.8. The molecule has 1 aliphatic heterocycles. The molecule has 20 heavy (non-hydrogen) atoms. The molecular formula is C13H14BrFN2O3. The van der Waals surface area contributed by atoms with Crippen LogP contribution in [-0.2, 0) is 9.59 Å². The Morgan fingerprint density at radius 3 is 2.85 bits per heavy atom. The maximum absolute atomic E-state index is 13.1. The number of anilines is 1. The van der Waals surface area contributed by atoms with Crippen molar-refractivity contribution in [1.29, 1.82) is 0 Å². The van der Waals surface area contributed by atoms with Gasteiger partial charge in [0.05, 0.1) is 10.6 Å². The minimum absolute atomic E-state index is 0.166. The predicted molar refractivity (Wildman–Crippen MR) is 74.6 cm³/mol. The number of hydrogen-bond acceptors (Lipinski definition) is 3. The Morgan fingerprint density at radius 2 is 2.20 bits per heavy atom. The van der Waals surface area contributed by atoms with Crippen LogP contribution in [0.3, 0.4) is 0 Å². The molecule has 2 rings (SSSR count). The molecule has 1 saturated heterocycles. The summed E-state index contributed by atoms with van der Waals surface area (Å²) in [6.07, 6.45) is 0.721. The van der Waals surface area contributed by atoms with Crippen LogP contribution in [-0.4, -0.2) is 41.0 Å². The van der Waals surface area contributed by atoms with Crippen molar-refractivity contribution in [3.05, 3.63) is 28.5 Å². The molecule has 5 nitrogen and oxygen atoms in total. The van der Waals surface area contributed by atoms with Gasteiger partial charge in [-0.25, -0.2) is 4.39 Å². The van der Waals surface area contributed by atoms with Crippen molar-refractivity contribution in [2.45, 2.75) is 18.9 Å². The second-order valence-corrected chi connectivity index (χ2v) is 5.48. The number of halogens is 2. The molecule has 1 heterocycles. The Morgan fingerprint density at radius 1 is 1.45 bits per heavy atom. The van der Waals surface area contributed by atoms with Crippen LogP contribution in [0.1, 0.15) is 12.8 Å². The molecule has 1 aliphatic rings. The summed E-state index contributed by atoms with van der Waals surface area (Å²) >= 11 is 3.00. The number of piperidine rings is 1. The van der Waals surface area contributed by atoms with Crippen LogP contribution in [0.5, 0.6) is 0 Å². The SMILES string of the molecule is O=C(Nc1ccc(F)c(Br)c1)C(=O)N1CCCC(O)C1. The molecule has 0 saturated carbocycles. The summed E-state index contributed by atoms with van der Waals surface area (Å²) in [4.78, 5) is 25.1. The van der Waals surface area contributed by atoms with Crippen LogP contribution >= 0.6 is 15.9 Å². The van der Waals surface area contributed by atoms with E-state index in [0.29, 0.717) is 25.1 Å². The molecule has 1 atom stereocenters. The number of rotatable bonds is 1. The Hall–Kier alpha value is -1.47. The highest BCUT2D eigenvalue weighted by atomic mass is 79.9. The maximum atomic E-state index is 13.1. The quantitative estimate of drug-likeness (QED) is 0.758. The summed E-state index contributed by atoms with van der Waals surface area (Å²) in [6, 6.07) is 3.94. The van der Waals surface area contributed by atoms with Crippen molar-refractivity contribution in [2.75, 3.05) is 18.4 Å². The van der Waals surface area contributed by atoms with Crippen molar-refractivity contribution in [3.63, 3.8) is 0 Å². The Kier molecular flexibility index (Phi) is 4.72. The molecule has 1 aromatic carbocycles. The van der Waals surface area contributed by atoms with E-state index < -0.39 is 23.7 Å². The third-order valence-corrected chi connectivity index (χ3v) is 3.66. The van der Waals surface area contributed by atoms with E-state index >= 15 is 0 Å². The number of hydrogen-bond donors (Lipinski definition) is 2. The average molecular weight is 345 g/mol. The van der Waals surface area contributed by atoms with Crippen LogP contribution in [0, 0.1) is 5.82 Å². The van der Waals surface area contributed by atoms with Gasteiger partial charge in [0, 0.05) is 18.8 Å². The summed E-state index contributed by atoms with van der Waals surface area (Å²) in [5, 5.41) is 11.9. The summed E-state index contributed by atoms with van der Waals surface area (Å²) in [5.41, 5.74) is 0.328. The second kappa shape index (κ2) is 6.32. The van der Waals surface area contributed by atoms with Gasteiger partial charge in [-0.15, -0.1) is 0 Å². The van der Waals surface area contributed by atoms with Crippen LogP contribution in [0.25, 0.3) is 0 Å². The molecule has 0 radical (unpaired) electrons. The van der Waals surface area contributed by atoms with E-state index in [1.165, 1.54) is 23.1 Å². The third-order valence-electron chi connectivity index (χ3n) is 3.06. The minimum Gasteiger partial charge on any atom is -0.391 e. The van der Waals surface area contributed by atoms with Crippen LogP contribution < -0.4 is 5.32 Å². The van der Waals surface area contributed by atoms with Gasteiger partial charge in [0.2, 0.25) is 0 Å². The number of aliphatic hydroxyl groups is 1. The maximum Gasteiger partial charge on any atom is 0.313 e. The number of nitrogens with one attached hydrogen (secondary N) is 1. The molecule has 108 valence electrons. The van der Waals surface area contributed by atoms with Crippen molar-refractivity contribution < 1.29 is 19.1 Å². The Bertz CT molecular complexity index is 538. The lowest BCUT2D eigenvalue weighted by atomic mass is 10.1. The topological polar surface area (TPSA) is 69.6 Å². The summed E-state index contributed by atoms with van der Waals surface area (Å²) < 4.78 is 13.3. The van der Waals surface area contributed by atoms with Crippen molar-refractivity contribution >= 4 is 33.4 Å². The van der Waals surface area contributed by atoms with Gasteiger partial charge in [-0.1, -0.05) is 0 Å². The molecule has 2 amide bonds. The molecule has 2 N–H and O–H groups in total. The fourth-order valence-electron chi connectivity index (χ4n) is 2.04. The number of β-amino-alcohol motifs (C(OH)–C–C–N with tert-alkyl or cyclic N) is 1. The number of carbonyl (C=O) groups is 2. The zero-order valence-electron chi connectivity index (χ0n) is 10.6. The first-order valence-electron chi connectivity index (χ1n) is 6.21. The standard InChI is InChI=1S/C13H14BrFN2O3/c14-10-6-8(3-4-11(10)15)16-12(19)13(20)17-5-1-2-9(18)7-17/h3-4,6,9,18H,1-2,5,7H2,(H,16,19). The molecule has 1 aromatic rings. The van der Waals surface area contributed by atoms with Gasteiger partial charge in [-0.2, -0.15) is 0 Å². The molecule has 0 aromatic heterocycles. The highest BCUT2D eigenvalue weighted by Crippen LogP contribution is 2.20. The van der Waals surface area contributed by atoms with Gasteiger partial charge >= 0.3 is 11.8 Å². The van der Waals surface area contributed by atoms with Gasteiger partial charge in [0.1, 0.15) is 5.82 Å². The van der Waals surface area contributed by atoms with Crippen LogP contribution in [0.2, 0.25) is 0 Å². The number of nitrogens with zero attached hydrogens (tertiary/aromatic N) is 1. The molecule has 0 aliphatic carbocycles. The van der Waals surface area contributed by atoms with Crippen LogP contribution in [0.15, 0.2) is 22.7 Å². The zero-order chi connectivity index (χ0) is 14.7. The second-order valence-electron chi connectivity index (χ2n) is 4.63. The fourth-order valence-corrected chi connectivity index (χ4v) is 2.42. The van der Waals surface area contributed by atoms with Gasteiger partial charge < -0.3 is 15.3 Å². The Balaban J connectivity index is 2.00. The largest absolute Gasteiger partial charge is 0.391 e. The summed E-state index contributed by atoms with van der Waals surface area (Å²) in [6.45, 7) is 0.621. The monoisotopic (exact) mass is 344 g/mol. The number of aliphatic hydroxyl groups excluding tert-OH is 1. The molecule has 7 heteroatoms. The number of likely N-dealkylation sites (tertiary alicyclic amines) is 1. The number of benzene rings is 1. The minimum atomic E-state index is -0.794. The lowest BCUT2D eigenvalue weighted by Crippen LogP contribution is -2.46. The van der Waals surface area contributed by atoms with E-state index in [-0.39, 0.29) is 11.0 Å². The first kappa shape index (κ1) is 14.9. The van der Waals surface area contributed by atoms with Gasteiger partial charge in [-0.3, -0.25) is 9.59 Å². The molecular weight excluding hydrogens is 331 g/mol. The first-order chi connectivity index (χ1) is 9.47. The van der Waals surface area contributed by atoms with Crippen molar-refractivity contribution in [2.24, 2.45) is 0 Å². The van der Waals surface area contributed by atoms with E-state index in [1.807, 2.05) is 0 Å². The van der Waals surface area contributed by atoms with Gasteiger partial charge in [-0.05, 0) is 47.0 Å². The molecule has 1 unspecified atom stereocenters. The lowest BCUT2D eigenvalue weighted by Gasteiger charge is -2.29. The van der Waals surface area contributed by atoms with E-state index in [9.17, 15) is 19.1 Å². The molecule has 1 fully saturated rings.